The van der Waals surface area contributed by atoms with Gasteiger partial charge in [0.1, 0.15) is 22.8 Å². The molecule has 3 fully saturated rings. The second-order valence-corrected chi connectivity index (χ2v) is 15.5. The molecule has 4 aliphatic carbocycles. The first kappa shape index (κ1) is 32.7. The predicted molar refractivity (Wildman–Crippen MR) is 192 cm³/mol. The predicted octanol–water partition coefficient (Wildman–Crippen LogP) is 6.23. The molecule has 1 aromatic carbocycles. The first-order valence-corrected chi connectivity index (χ1v) is 18.7. The van der Waals surface area contributed by atoms with Gasteiger partial charge in [-0.15, -0.1) is 21.5 Å². The number of methoxy groups -OCH3 is 2. The maximum absolute atomic E-state index is 13.8. The number of ether oxygens (including phenoxy) is 2. The van der Waals surface area contributed by atoms with Gasteiger partial charge in [0.05, 0.1) is 19.8 Å². The van der Waals surface area contributed by atoms with Crippen LogP contribution < -0.4 is 25.0 Å². The Morgan fingerprint density at radius 2 is 1.90 bits per heavy atom. The van der Waals surface area contributed by atoms with E-state index in [0.29, 0.717) is 41.9 Å². The van der Waals surface area contributed by atoms with E-state index < -0.39 is 0 Å². The molecule has 4 aromatic rings. The van der Waals surface area contributed by atoms with Crippen LogP contribution in [0, 0.1) is 18.8 Å². The fourth-order valence-electron chi connectivity index (χ4n) is 7.40. The molecule has 4 aliphatic rings. The van der Waals surface area contributed by atoms with Gasteiger partial charge >= 0.3 is 0 Å². The number of pyridine rings is 1. The maximum atomic E-state index is 13.8. The van der Waals surface area contributed by atoms with E-state index in [2.05, 4.69) is 48.4 Å². The van der Waals surface area contributed by atoms with Gasteiger partial charge < -0.3 is 25.0 Å². The number of aryl methyl sites for hydroxylation is 2. The number of fused-ring (bicyclic) bond motifs is 1. The molecule has 50 heavy (non-hydrogen) atoms. The fraction of sp³-hybridized carbons (Fsp3) is 0.500. The number of carbonyl (C=O) groups is 2. The SMILES string of the molecule is COc1ccc(CN(c2nncn2[C@H]2CCc3sc(NC(=O)C4CC4)c(C(=O)NCC4CC4)c3C2)C2CC(c3ccc(C)nc3)C2)c(OC)c1. The van der Waals surface area contributed by atoms with Crippen LogP contribution in [-0.4, -0.2) is 58.4 Å². The van der Waals surface area contributed by atoms with E-state index in [1.165, 1.54) is 10.4 Å². The largest absolute Gasteiger partial charge is 0.497 e. The highest BCUT2D eigenvalue weighted by molar-refractivity contribution is 7.17. The lowest BCUT2D eigenvalue weighted by Crippen LogP contribution is -2.45. The topological polar surface area (TPSA) is 124 Å². The Labute approximate surface area is 296 Å². The summed E-state index contributed by atoms with van der Waals surface area (Å²) in [6, 6.07) is 10.5. The van der Waals surface area contributed by atoms with Crippen LogP contribution in [0.25, 0.3) is 0 Å². The zero-order valence-corrected chi connectivity index (χ0v) is 29.8. The molecule has 2 amide bonds. The molecule has 8 rings (SSSR count). The summed E-state index contributed by atoms with van der Waals surface area (Å²) in [5.74, 6) is 3.33. The third-order valence-corrected chi connectivity index (χ3v) is 12.1. The summed E-state index contributed by atoms with van der Waals surface area (Å²) in [4.78, 5) is 34.8. The van der Waals surface area contributed by atoms with Crippen LogP contribution in [0.4, 0.5) is 10.9 Å². The summed E-state index contributed by atoms with van der Waals surface area (Å²) < 4.78 is 13.5. The van der Waals surface area contributed by atoms with E-state index in [1.54, 1.807) is 25.6 Å². The van der Waals surface area contributed by atoms with Crippen LogP contribution in [0.15, 0.2) is 42.9 Å². The second-order valence-electron chi connectivity index (χ2n) is 14.4. The number of thiophene rings is 1. The Morgan fingerprint density at radius 3 is 2.62 bits per heavy atom. The number of nitrogens with zero attached hydrogens (tertiary/aromatic N) is 5. The van der Waals surface area contributed by atoms with E-state index in [9.17, 15) is 9.59 Å². The lowest BCUT2D eigenvalue weighted by molar-refractivity contribution is -0.117. The molecule has 1 atom stereocenters. The highest BCUT2D eigenvalue weighted by Crippen LogP contribution is 2.45. The number of hydrogen-bond donors (Lipinski definition) is 2. The van der Waals surface area contributed by atoms with Gasteiger partial charge in [0, 0.05) is 59.5 Å². The number of aromatic nitrogens is 4. The maximum Gasteiger partial charge on any atom is 0.254 e. The molecule has 3 saturated carbocycles. The van der Waals surface area contributed by atoms with Crippen molar-refractivity contribution in [2.75, 3.05) is 31.0 Å². The van der Waals surface area contributed by atoms with Crippen molar-refractivity contribution in [2.24, 2.45) is 11.8 Å². The Balaban J connectivity index is 1.09. The van der Waals surface area contributed by atoms with Gasteiger partial charge in [-0.2, -0.15) is 0 Å². The smallest absolute Gasteiger partial charge is 0.254 e. The Morgan fingerprint density at radius 1 is 1.06 bits per heavy atom. The van der Waals surface area contributed by atoms with Crippen LogP contribution in [-0.2, 0) is 24.2 Å². The third-order valence-electron chi connectivity index (χ3n) is 10.9. The normalized spacial score (nSPS) is 21.1. The van der Waals surface area contributed by atoms with Crippen LogP contribution in [0.5, 0.6) is 11.5 Å². The summed E-state index contributed by atoms with van der Waals surface area (Å²) in [6.07, 6.45) is 12.3. The lowest BCUT2D eigenvalue weighted by Gasteiger charge is -2.44. The molecule has 0 spiro atoms. The number of rotatable bonds is 13. The van der Waals surface area contributed by atoms with Crippen LogP contribution in [0.1, 0.15) is 94.5 Å². The van der Waals surface area contributed by atoms with Crippen molar-refractivity contribution in [2.45, 2.75) is 89.3 Å². The first-order valence-electron chi connectivity index (χ1n) is 17.9. The number of anilines is 2. The molecular formula is C38H45N7O4S. The lowest BCUT2D eigenvalue weighted by atomic mass is 9.75. The van der Waals surface area contributed by atoms with Crippen LogP contribution in [0.3, 0.4) is 0 Å². The number of benzene rings is 1. The van der Waals surface area contributed by atoms with Gasteiger partial charge in [0.2, 0.25) is 11.9 Å². The average molecular weight is 696 g/mol. The number of carbonyl (C=O) groups excluding carboxylic acids is 2. The molecular weight excluding hydrogens is 651 g/mol. The van der Waals surface area contributed by atoms with E-state index in [0.717, 1.165) is 85.6 Å². The number of amides is 2. The molecule has 3 heterocycles. The summed E-state index contributed by atoms with van der Waals surface area (Å²) in [5.41, 5.74) is 5.02. The molecule has 0 unspecified atom stereocenters. The van der Waals surface area contributed by atoms with E-state index in [-0.39, 0.29) is 29.8 Å². The zero-order valence-electron chi connectivity index (χ0n) is 29.0. The first-order chi connectivity index (χ1) is 24.4. The van der Waals surface area contributed by atoms with Crippen molar-refractivity contribution in [3.8, 4) is 11.5 Å². The average Bonchev–Trinajstić information content (AvgIpc) is 4.04. The van der Waals surface area contributed by atoms with Gasteiger partial charge in [-0.25, -0.2) is 0 Å². The second kappa shape index (κ2) is 13.7. The van der Waals surface area contributed by atoms with Crippen molar-refractivity contribution in [1.29, 1.82) is 0 Å². The zero-order chi connectivity index (χ0) is 34.4. The molecule has 0 saturated heterocycles. The van der Waals surface area contributed by atoms with Crippen LogP contribution >= 0.6 is 11.3 Å². The van der Waals surface area contributed by atoms with Crippen LogP contribution in [0.2, 0.25) is 0 Å². The van der Waals surface area contributed by atoms with Crippen molar-refractivity contribution in [3.05, 3.63) is 75.7 Å². The summed E-state index contributed by atoms with van der Waals surface area (Å²) in [5, 5.41) is 16.3. The van der Waals surface area contributed by atoms with Gasteiger partial charge in [0.15, 0.2) is 0 Å². The molecule has 0 aliphatic heterocycles. The number of hydrogen-bond acceptors (Lipinski definition) is 9. The molecule has 0 bridgehead atoms. The van der Waals surface area contributed by atoms with E-state index in [4.69, 9.17) is 14.6 Å². The molecule has 262 valence electrons. The Bertz CT molecular complexity index is 1870. The minimum atomic E-state index is -0.0792. The Kier molecular flexibility index (Phi) is 8.97. The van der Waals surface area contributed by atoms with Gasteiger partial charge in [-0.05, 0) is 106 Å². The standard InChI is InChI=1S/C38H45N7O4S/c1-22-4-7-25(19-39-22)27-14-29(15-27)44(20-26-10-12-30(48-2)17-32(26)49-3)38-43-41-21-45(38)28-11-13-33-31(16-28)34(36(47)40-18-23-5-6-23)37(50-33)42-35(46)24-8-9-24/h4,7,10,12,17,19,21,23-24,27-29H,5-6,8-9,11,13-16,18,20H2,1-3H3,(H,40,47)(H,42,46)/t27?,28-,29?/m0/s1. The minimum absolute atomic E-state index is 0.0299. The molecule has 3 aromatic heterocycles. The highest BCUT2D eigenvalue weighted by Gasteiger charge is 2.39. The monoisotopic (exact) mass is 695 g/mol. The Hall–Kier alpha value is -4.45. The summed E-state index contributed by atoms with van der Waals surface area (Å²) in [7, 11) is 3.35. The van der Waals surface area contributed by atoms with Crippen molar-refractivity contribution in [3.63, 3.8) is 0 Å². The summed E-state index contributed by atoms with van der Waals surface area (Å²) >= 11 is 1.58. The van der Waals surface area contributed by atoms with Crippen molar-refractivity contribution in [1.82, 2.24) is 25.1 Å². The van der Waals surface area contributed by atoms with Crippen molar-refractivity contribution < 1.29 is 19.1 Å². The minimum Gasteiger partial charge on any atom is -0.497 e. The van der Waals surface area contributed by atoms with Gasteiger partial charge in [-0.3, -0.25) is 19.1 Å². The van der Waals surface area contributed by atoms with E-state index >= 15 is 0 Å². The van der Waals surface area contributed by atoms with Gasteiger partial charge in [0.25, 0.3) is 5.91 Å². The molecule has 12 heteroatoms. The van der Waals surface area contributed by atoms with Gasteiger partial charge in [-0.1, -0.05) is 6.07 Å². The third kappa shape index (κ3) is 6.69. The van der Waals surface area contributed by atoms with E-state index in [1.807, 2.05) is 31.6 Å². The molecule has 0 radical (unpaired) electrons. The highest BCUT2D eigenvalue weighted by atomic mass is 32.1. The molecule has 2 N–H and O–H groups in total. The fourth-order valence-corrected chi connectivity index (χ4v) is 8.65. The summed E-state index contributed by atoms with van der Waals surface area (Å²) in [6.45, 7) is 3.30. The number of nitrogens with one attached hydrogen (secondary N) is 2. The van der Waals surface area contributed by atoms with Crippen molar-refractivity contribution >= 4 is 34.1 Å². The molecule has 11 nitrogen and oxygen atoms in total. The quantitative estimate of drug-likeness (QED) is 0.169.